The summed E-state index contributed by atoms with van der Waals surface area (Å²) in [4.78, 5) is 11.6. The molecule has 0 aromatic heterocycles. The summed E-state index contributed by atoms with van der Waals surface area (Å²) in [6.07, 6.45) is 2.75. The number of amides is 1. The van der Waals surface area contributed by atoms with Gasteiger partial charge in [0.25, 0.3) is 0 Å². The highest BCUT2D eigenvalue weighted by molar-refractivity contribution is 5.92. The molecular formula is C14H16N2O. The number of nitrogens with one attached hydrogen (secondary N) is 1. The van der Waals surface area contributed by atoms with Crippen LogP contribution in [-0.2, 0) is 11.3 Å². The van der Waals surface area contributed by atoms with E-state index in [1.807, 2.05) is 25.1 Å². The van der Waals surface area contributed by atoms with Crippen LogP contribution >= 0.6 is 0 Å². The highest BCUT2D eigenvalue weighted by atomic mass is 16.1. The lowest BCUT2D eigenvalue weighted by Crippen LogP contribution is -2.23. The van der Waals surface area contributed by atoms with Crippen LogP contribution in [0.4, 0.5) is 0 Å². The van der Waals surface area contributed by atoms with Crippen molar-refractivity contribution < 1.29 is 4.79 Å². The van der Waals surface area contributed by atoms with Gasteiger partial charge in [-0.3, -0.25) is 4.79 Å². The van der Waals surface area contributed by atoms with Crippen molar-refractivity contribution in [2.75, 3.05) is 0 Å². The Kier molecular flexibility index (Phi) is 4.96. The van der Waals surface area contributed by atoms with Gasteiger partial charge in [-0.2, -0.15) is 5.26 Å². The molecule has 1 aromatic carbocycles. The van der Waals surface area contributed by atoms with Crippen LogP contribution in [0.1, 0.15) is 31.4 Å². The molecule has 0 aliphatic carbocycles. The van der Waals surface area contributed by atoms with Gasteiger partial charge in [0.15, 0.2) is 0 Å². The van der Waals surface area contributed by atoms with Crippen molar-refractivity contribution in [1.82, 2.24) is 5.32 Å². The maximum atomic E-state index is 11.6. The minimum atomic E-state index is -0.0452. The molecule has 0 heterocycles. The van der Waals surface area contributed by atoms with Crippen LogP contribution in [0.3, 0.4) is 0 Å². The SMILES string of the molecule is CCC=C(C)C(=O)NCc1ccc(C#N)cc1. The predicted octanol–water partition coefficient (Wildman–Crippen LogP) is 2.53. The van der Waals surface area contributed by atoms with Gasteiger partial charge in [0.1, 0.15) is 0 Å². The summed E-state index contributed by atoms with van der Waals surface area (Å²) in [5.74, 6) is -0.0452. The van der Waals surface area contributed by atoms with Crippen molar-refractivity contribution in [3.63, 3.8) is 0 Å². The van der Waals surface area contributed by atoms with E-state index in [2.05, 4.69) is 11.4 Å². The van der Waals surface area contributed by atoms with Gasteiger partial charge in [0.2, 0.25) is 5.91 Å². The van der Waals surface area contributed by atoms with E-state index in [0.717, 1.165) is 17.6 Å². The predicted molar refractivity (Wildman–Crippen MR) is 67.1 cm³/mol. The van der Waals surface area contributed by atoms with E-state index in [1.165, 1.54) is 0 Å². The van der Waals surface area contributed by atoms with Gasteiger partial charge >= 0.3 is 0 Å². The molecule has 0 saturated carbocycles. The zero-order valence-electron chi connectivity index (χ0n) is 10.2. The molecule has 1 rings (SSSR count). The Morgan fingerprint density at radius 3 is 2.59 bits per heavy atom. The van der Waals surface area contributed by atoms with Crippen molar-refractivity contribution in [3.05, 3.63) is 47.0 Å². The van der Waals surface area contributed by atoms with Crippen LogP contribution in [0.5, 0.6) is 0 Å². The number of hydrogen-bond donors (Lipinski definition) is 1. The highest BCUT2D eigenvalue weighted by Crippen LogP contribution is 2.03. The fourth-order valence-electron chi connectivity index (χ4n) is 1.42. The fraction of sp³-hybridized carbons (Fsp3) is 0.286. The summed E-state index contributed by atoms with van der Waals surface area (Å²) in [6, 6.07) is 9.24. The molecule has 3 nitrogen and oxygen atoms in total. The van der Waals surface area contributed by atoms with Gasteiger partial charge in [-0.1, -0.05) is 25.1 Å². The second-order valence-corrected chi connectivity index (χ2v) is 3.79. The smallest absolute Gasteiger partial charge is 0.246 e. The first kappa shape index (κ1) is 13.0. The van der Waals surface area contributed by atoms with E-state index < -0.39 is 0 Å². The Morgan fingerprint density at radius 1 is 1.41 bits per heavy atom. The van der Waals surface area contributed by atoms with Crippen LogP contribution < -0.4 is 5.32 Å². The second-order valence-electron chi connectivity index (χ2n) is 3.79. The molecular weight excluding hydrogens is 212 g/mol. The van der Waals surface area contributed by atoms with E-state index in [9.17, 15) is 4.79 Å². The summed E-state index contributed by atoms with van der Waals surface area (Å²) < 4.78 is 0. The van der Waals surface area contributed by atoms with Crippen molar-refractivity contribution in [3.8, 4) is 6.07 Å². The molecule has 17 heavy (non-hydrogen) atoms. The zero-order chi connectivity index (χ0) is 12.7. The Morgan fingerprint density at radius 2 is 2.06 bits per heavy atom. The maximum Gasteiger partial charge on any atom is 0.246 e. The highest BCUT2D eigenvalue weighted by Gasteiger charge is 2.02. The molecule has 0 saturated heterocycles. The summed E-state index contributed by atoms with van der Waals surface area (Å²) in [6.45, 7) is 4.29. The van der Waals surface area contributed by atoms with Gasteiger partial charge in [0, 0.05) is 12.1 Å². The van der Waals surface area contributed by atoms with Gasteiger partial charge in [-0.05, 0) is 31.0 Å². The third-order valence-corrected chi connectivity index (χ3v) is 2.40. The van der Waals surface area contributed by atoms with Gasteiger partial charge in [-0.25, -0.2) is 0 Å². The molecule has 0 aliphatic heterocycles. The molecule has 0 atom stereocenters. The van der Waals surface area contributed by atoms with Gasteiger partial charge in [0.05, 0.1) is 11.6 Å². The molecule has 1 N–H and O–H groups in total. The largest absolute Gasteiger partial charge is 0.348 e. The Balaban J connectivity index is 2.53. The first-order chi connectivity index (χ1) is 8.17. The monoisotopic (exact) mass is 228 g/mol. The Bertz CT molecular complexity index is 452. The summed E-state index contributed by atoms with van der Waals surface area (Å²) in [7, 11) is 0. The fourth-order valence-corrected chi connectivity index (χ4v) is 1.42. The summed E-state index contributed by atoms with van der Waals surface area (Å²) in [5, 5.41) is 11.5. The molecule has 88 valence electrons. The number of carbonyl (C=O) groups is 1. The van der Waals surface area contributed by atoms with Crippen LogP contribution in [0.2, 0.25) is 0 Å². The molecule has 3 heteroatoms. The van der Waals surface area contributed by atoms with E-state index in [1.54, 1.807) is 19.1 Å². The zero-order valence-corrected chi connectivity index (χ0v) is 10.2. The van der Waals surface area contributed by atoms with Crippen LogP contribution in [0.25, 0.3) is 0 Å². The summed E-state index contributed by atoms with van der Waals surface area (Å²) >= 11 is 0. The Labute approximate surface area is 102 Å². The van der Waals surface area contributed by atoms with E-state index in [0.29, 0.717) is 12.1 Å². The Hall–Kier alpha value is -2.08. The van der Waals surface area contributed by atoms with Gasteiger partial charge in [-0.15, -0.1) is 0 Å². The third-order valence-electron chi connectivity index (χ3n) is 2.40. The lowest BCUT2D eigenvalue weighted by molar-refractivity contribution is -0.117. The maximum absolute atomic E-state index is 11.6. The number of benzene rings is 1. The molecule has 0 bridgehead atoms. The molecule has 0 radical (unpaired) electrons. The minimum Gasteiger partial charge on any atom is -0.348 e. The molecule has 0 fully saturated rings. The van der Waals surface area contributed by atoms with Crippen LogP contribution in [0.15, 0.2) is 35.9 Å². The van der Waals surface area contributed by atoms with Crippen molar-refractivity contribution in [2.45, 2.75) is 26.8 Å². The van der Waals surface area contributed by atoms with Crippen molar-refractivity contribution >= 4 is 5.91 Å². The number of nitrogens with zero attached hydrogens (tertiary/aromatic N) is 1. The molecule has 0 spiro atoms. The van der Waals surface area contributed by atoms with Crippen molar-refractivity contribution in [2.24, 2.45) is 0 Å². The van der Waals surface area contributed by atoms with E-state index in [-0.39, 0.29) is 5.91 Å². The lowest BCUT2D eigenvalue weighted by atomic mass is 10.1. The topological polar surface area (TPSA) is 52.9 Å². The average Bonchev–Trinajstić information content (AvgIpc) is 2.36. The van der Waals surface area contributed by atoms with E-state index in [4.69, 9.17) is 5.26 Å². The molecule has 1 aromatic rings. The number of carbonyl (C=O) groups excluding carboxylic acids is 1. The average molecular weight is 228 g/mol. The molecule has 0 aliphatic rings. The quantitative estimate of drug-likeness (QED) is 0.805. The second kappa shape index (κ2) is 6.49. The molecule has 1 amide bonds. The normalized spacial score (nSPS) is 10.8. The number of allylic oxidation sites excluding steroid dienone is 1. The van der Waals surface area contributed by atoms with Crippen molar-refractivity contribution in [1.29, 1.82) is 5.26 Å². The van der Waals surface area contributed by atoms with Crippen LogP contribution in [-0.4, -0.2) is 5.91 Å². The first-order valence-electron chi connectivity index (χ1n) is 5.61. The lowest BCUT2D eigenvalue weighted by Gasteiger charge is -2.05. The standard InChI is InChI=1S/C14H16N2O/c1-3-4-11(2)14(17)16-10-13-7-5-12(9-15)6-8-13/h4-8H,3,10H2,1-2H3,(H,16,17). The van der Waals surface area contributed by atoms with Gasteiger partial charge < -0.3 is 5.32 Å². The number of hydrogen-bond acceptors (Lipinski definition) is 2. The first-order valence-corrected chi connectivity index (χ1v) is 5.61. The summed E-state index contributed by atoms with van der Waals surface area (Å²) in [5.41, 5.74) is 2.35. The third kappa shape index (κ3) is 4.12. The number of rotatable bonds is 4. The molecule has 0 unspecified atom stereocenters. The number of nitriles is 1. The minimum absolute atomic E-state index is 0.0452. The van der Waals surface area contributed by atoms with E-state index >= 15 is 0 Å². The van der Waals surface area contributed by atoms with Crippen LogP contribution in [0, 0.1) is 11.3 Å².